The largest absolute Gasteiger partial charge is 0.510 e. The monoisotopic (exact) mass is 833 g/mol. The summed E-state index contributed by atoms with van der Waals surface area (Å²) >= 11 is 0. The van der Waals surface area contributed by atoms with Gasteiger partial charge in [0.25, 0.3) is 0 Å². The Kier molecular flexibility index (Phi) is 7.45. The third kappa shape index (κ3) is 4.38. The van der Waals surface area contributed by atoms with Crippen LogP contribution in [0.4, 0.5) is 5.69 Å². The predicted molar refractivity (Wildman–Crippen MR) is 200 cm³/mol. The molecule has 3 nitrogen and oxygen atoms in total. The number of aromatic nitrogens is 1. The molecule has 6 aromatic carbocycles. The summed E-state index contributed by atoms with van der Waals surface area (Å²) in [6.45, 7) is 2.08. The minimum Gasteiger partial charge on any atom is -0.510 e. The van der Waals surface area contributed by atoms with E-state index in [9.17, 15) is 0 Å². The molecule has 7 aromatic rings. The first-order valence-corrected chi connectivity index (χ1v) is 17.1. The first-order valence-electron chi connectivity index (χ1n) is 17.1. The van der Waals surface area contributed by atoms with E-state index in [0.717, 1.165) is 28.1 Å². The number of pyridine rings is 1. The van der Waals surface area contributed by atoms with Crippen molar-refractivity contribution in [3.8, 4) is 22.3 Å². The maximum Gasteiger partial charge on any atom is 0.0662 e. The molecule has 4 heteroatoms. The molecule has 0 saturated heterocycles. The van der Waals surface area contributed by atoms with Crippen LogP contribution in [-0.2, 0) is 31.9 Å². The first-order chi connectivity index (χ1) is 24.7. The molecule has 2 heterocycles. The van der Waals surface area contributed by atoms with Gasteiger partial charge < -0.3 is 9.80 Å². The van der Waals surface area contributed by atoms with E-state index in [4.69, 9.17) is 4.98 Å². The van der Waals surface area contributed by atoms with Gasteiger partial charge in [-0.3, -0.25) is 4.98 Å². The summed E-state index contributed by atoms with van der Waals surface area (Å²) in [5.74, 6) is 0. The number of nitrogens with zero attached hydrogens (tertiary/aromatic N) is 3. The van der Waals surface area contributed by atoms with Gasteiger partial charge in [0.1, 0.15) is 0 Å². The van der Waals surface area contributed by atoms with Crippen LogP contribution in [0.2, 0.25) is 0 Å². The average Bonchev–Trinajstić information content (AvgIpc) is 3.85. The summed E-state index contributed by atoms with van der Waals surface area (Å²) in [7, 11) is 2.04. The van der Waals surface area contributed by atoms with Gasteiger partial charge in [0.15, 0.2) is 0 Å². The van der Waals surface area contributed by atoms with Gasteiger partial charge in [-0.1, -0.05) is 103 Å². The second-order valence-corrected chi connectivity index (χ2v) is 13.3. The number of rotatable bonds is 5. The van der Waals surface area contributed by atoms with Gasteiger partial charge in [0, 0.05) is 32.7 Å². The number of hydrogen-bond acceptors (Lipinski definition) is 3. The van der Waals surface area contributed by atoms with Crippen LogP contribution >= 0.6 is 0 Å². The molecule has 10 rings (SSSR count). The van der Waals surface area contributed by atoms with Crippen molar-refractivity contribution in [1.29, 1.82) is 0 Å². The molecule has 0 bridgehead atoms. The zero-order valence-electron chi connectivity index (χ0n) is 27.9. The van der Waals surface area contributed by atoms with Gasteiger partial charge in [-0.05, 0) is 76.1 Å². The predicted octanol–water partition coefficient (Wildman–Crippen LogP) is 9.75. The van der Waals surface area contributed by atoms with Crippen LogP contribution in [0, 0.1) is 18.8 Å². The first kappa shape index (κ1) is 31.5. The van der Waals surface area contributed by atoms with E-state index in [1.807, 2.05) is 19.3 Å². The van der Waals surface area contributed by atoms with Gasteiger partial charge >= 0.3 is 0 Å². The third-order valence-corrected chi connectivity index (χ3v) is 10.8. The van der Waals surface area contributed by atoms with Crippen LogP contribution in [0.25, 0.3) is 22.3 Å². The number of fused-ring (bicyclic) bond motifs is 6. The number of anilines is 1. The Hall–Kier alpha value is -5.50. The minimum atomic E-state index is -0.669. The maximum absolute atomic E-state index is 5.10. The summed E-state index contributed by atoms with van der Waals surface area (Å²) in [4.78, 5) is 9.29. The third-order valence-electron chi connectivity index (χ3n) is 10.8. The Balaban J connectivity index is 0.00000348. The van der Waals surface area contributed by atoms with Crippen LogP contribution in [0.15, 0.2) is 170 Å². The second kappa shape index (κ2) is 12.1. The topological polar surface area (TPSA) is 19.4 Å². The minimum absolute atomic E-state index is 0. The van der Waals surface area contributed by atoms with Gasteiger partial charge in [-0.15, -0.1) is 22.4 Å². The summed E-state index contributed by atoms with van der Waals surface area (Å²) in [5.41, 5.74) is 13.8. The summed E-state index contributed by atoms with van der Waals surface area (Å²) in [5, 5.41) is 0. The Morgan fingerprint density at radius 3 is 1.47 bits per heavy atom. The molecule has 3 aliphatic rings. The number of hydrogen-bond donors (Lipinski definition) is 0. The van der Waals surface area contributed by atoms with E-state index in [1.165, 1.54) is 44.5 Å². The van der Waals surface area contributed by atoms with Crippen molar-refractivity contribution in [1.82, 2.24) is 9.88 Å². The average molecular weight is 834 g/mol. The Morgan fingerprint density at radius 2 is 0.961 bits per heavy atom. The summed E-state index contributed by atoms with van der Waals surface area (Å²) in [6.07, 6.45) is 6.05. The van der Waals surface area contributed by atoms with E-state index in [1.54, 1.807) is 0 Å². The van der Waals surface area contributed by atoms with Crippen molar-refractivity contribution in [2.45, 2.75) is 10.8 Å². The molecule has 0 atom stereocenters. The van der Waals surface area contributed by atoms with Crippen molar-refractivity contribution in [3.05, 3.63) is 234 Å². The van der Waals surface area contributed by atoms with Crippen molar-refractivity contribution in [2.75, 3.05) is 11.9 Å². The molecule has 0 saturated carbocycles. The Labute approximate surface area is 313 Å². The van der Waals surface area contributed by atoms with E-state index >= 15 is 0 Å². The molecule has 0 radical (unpaired) electrons. The van der Waals surface area contributed by atoms with Gasteiger partial charge in [-0.25, -0.2) is 0 Å². The zero-order chi connectivity index (χ0) is 33.3. The molecular weight excluding hydrogens is 802 g/mol. The van der Waals surface area contributed by atoms with Gasteiger partial charge in [0.05, 0.1) is 11.1 Å². The van der Waals surface area contributed by atoms with Gasteiger partial charge in [-0.2, -0.15) is 55.2 Å². The van der Waals surface area contributed by atoms with E-state index in [0.29, 0.717) is 0 Å². The molecule has 0 unspecified atom stereocenters. The molecule has 1 aromatic heterocycles. The van der Waals surface area contributed by atoms with Crippen molar-refractivity contribution in [2.24, 2.45) is 0 Å². The zero-order valence-corrected chi connectivity index (χ0v) is 30.2. The fraction of sp³-hybridized carbons (Fsp3) is 0.0638. The van der Waals surface area contributed by atoms with Crippen molar-refractivity contribution >= 4 is 5.69 Å². The standard InChI is InChI=1S/C47H32N3.Pt/c1-49-28-29-50(32-49)36-17-13-16-35(31-36)46(41-22-6-2-18-37(41)38-19-3-7-23-42(38)46)33-14-12-15-34(30-33)47(45-26-10-11-27-48-45)43-24-8-4-20-39(43)40-21-5-9-25-44(40)47;/h2-29,32H,1H3;/q-3;. The number of benzene rings is 6. The van der Waals surface area contributed by atoms with E-state index in [-0.39, 0.29) is 21.1 Å². The van der Waals surface area contributed by atoms with E-state index < -0.39 is 10.8 Å². The maximum atomic E-state index is 5.10. The van der Waals surface area contributed by atoms with Crippen LogP contribution < -0.4 is 4.90 Å². The van der Waals surface area contributed by atoms with Crippen LogP contribution in [-0.4, -0.2) is 16.9 Å². The fourth-order valence-corrected chi connectivity index (χ4v) is 8.81. The normalized spacial score (nSPS) is 15.5. The fourth-order valence-electron chi connectivity index (χ4n) is 8.81. The quantitative estimate of drug-likeness (QED) is 0.161. The Bertz CT molecular complexity index is 2380. The van der Waals surface area contributed by atoms with Crippen LogP contribution in [0.5, 0.6) is 0 Å². The molecule has 0 spiro atoms. The molecule has 0 amide bonds. The molecule has 51 heavy (non-hydrogen) atoms. The SMILES string of the molecule is CN1C=CN(c2[c-]c(C3(c4[c-]c(C5(c6ccccn6)c6ccccc6-c6ccccc65)ccc4)c4ccccc4-c4ccccc43)ccc2)[CH-]1.[Pt]. The molecule has 1 aliphatic heterocycles. The summed E-state index contributed by atoms with van der Waals surface area (Å²) in [6, 6.07) is 62.9. The van der Waals surface area contributed by atoms with Crippen molar-refractivity contribution < 1.29 is 21.1 Å². The molecule has 248 valence electrons. The Morgan fingerprint density at radius 1 is 0.490 bits per heavy atom. The smallest absolute Gasteiger partial charge is 0.0662 e. The summed E-state index contributed by atoms with van der Waals surface area (Å²) < 4.78 is 0. The van der Waals surface area contributed by atoms with Crippen molar-refractivity contribution in [3.63, 3.8) is 0 Å². The van der Waals surface area contributed by atoms with E-state index in [2.05, 4.69) is 187 Å². The molecule has 0 N–H and O–H groups in total. The van der Waals surface area contributed by atoms with Crippen LogP contribution in [0.1, 0.15) is 44.6 Å². The molecule has 0 fully saturated rings. The second-order valence-electron chi connectivity index (χ2n) is 13.3. The van der Waals surface area contributed by atoms with Gasteiger partial charge in [0.2, 0.25) is 0 Å². The molecule has 2 aliphatic carbocycles. The van der Waals surface area contributed by atoms with Crippen LogP contribution in [0.3, 0.4) is 0 Å². The molecular formula is C47H32N3Pt-3.